The Morgan fingerprint density at radius 1 is 1.22 bits per heavy atom. The van der Waals surface area contributed by atoms with Gasteiger partial charge in [-0.3, -0.25) is 19.2 Å². The molecule has 0 saturated carbocycles. The molecule has 3 rings (SSSR count). The molecule has 1 aliphatic rings. The van der Waals surface area contributed by atoms with Crippen molar-refractivity contribution in [1.82, 2.24) is 19.6 Å². The van der Waals surface area contributed by atoms with Gasteiger partial charge in [-0.2, -0.15) is 5.10 Å². The summed E-state index contributed by atoms with van der Waals surface area (Å²) in [6.07, 6.45) is 0.474. The third kappa shape index (κ3) is 4.36. The number of aliphatic carboxylic acids is 1. The highest BCUT2D eigenvalue weighted by Crippen LogP contribution is 2.24. The summed E-state index contributed by atoms with van der Waals surface area (Å²) in [5.41, 5.74) is 3.87. The highest BCUT2D eigenvalue weighted by atomic mass is 16.4. The van der Waals surface area contributed by atoms with E-state index in [0.717, 1.165) is 17.0 Å². The van der Waals surface area contributed by atoms with Gasteiger partial charge in [0.15, 0.2) is 0 Å². The van der Waals surface area contributed by atoms with Crippen LogP contribution in [0.3, 0.4) is 0 Å². The van der Waals surface area contributed by atoms with Crippen LogP contribution in [0.5, 0.6) is 0 Å². The van der Waals surface area contributed by atoms with Crippen LogP contribution in [0.4, 0.5) is 0 Å². The van der Waals surface area contributed by atoms with Crippen LogP contribution in [0.25, 0.3) is 0 Å². The number of aryl methyl sites for hydroxylation is 2. The summed E-state index contributed by atoms with van der Waals surface area (Å²) in [5, 5.41) is 13.3. The molecule has 7 heteroatoms. The van der Waals surface area contributed by atoms with E-state index < -0.39 is 5.97 Å². The third-order valence-corrected chi connectivity index (χ3v) is 4.90. The molecule has 0 saturated heterocycles. The van der Waals surface area contributed by atoms with Gasteiger partial charge in [-0.05, 0) is 32.6 Å². The average Bonchev–Trinajstić information content (AvgIpc) is 3.03. The highest BCUT2D eigenvalue weighted by Gasteiger charge is 2.30. The number of rotatable bonds is 6. The van der Waals surface area contributed by atoms with Crippen LogP contribution in [0.15, 0.2) is 30.3 Å². The zero-order valence-electron chi connectivity index (χ0n) is 16.1. The van der Waals surface area contributed by atoms with Gasteiger partial charge in [-0.25, -0.2) is 0 Å². The first-order valence-corrected chi connectivity index (χ1v) is 9.14. The van der Waals surface area contributed by atoms with Crippen molar-refractivity contribution in [2.24, 2.45) is 0 Å². The number of carboxylic acid groups (broad SMARTS) is 1. The summed E-state index contributed by atoms with van der Waals surface area (Å²) in [7, 11) is 3.83. The molecule has 1 aliphatic heterocycles. The predicted octanol–water partition coefficient (Wildman–Crippen LogP) is 1.85. The Morgan fingerprint density at radius 2 is 1.93 bits per heavy atom. The topological polar surface area (TPSA) is 78.7 Å². The SMILES string of the molecule is Cc1ccc(C(C(=O)N2CCn3nc(CCC(=O)O)cc3C2)N(C)C)cc1. The van der Waals surface area contributed by atoms with Gasteiger partial charge in [0.05, 0.1) is 30.9 Å². The van der Waals surface area contributed by atoms with Crippen molar-refractivity contribution >= 4 is 11.9 Å². The lowest BCUT2D eigenvalue weighted by Crippen LogP contribution is -2.44. The lowest BCUT2D eigenvalue weighted by atomic mass is 10.0. The Balaban J connectivity index is 1.75. The monoisotopic (exact) mass is 370 g/mol. The van der Waals surface area contributed by atoms with Crippen LogP contribution >= 0.6 is 0 Å². The van der Waals surface area contributed by atoms with Gasteiger partial charge >= 0.3 is 5.97 Å². The molecule has 1 atom stereocenters. The number of hydrogen-bond acceptors (Lipinski definition) is 4. The van der Waals surface area contributed by atoms with Crippen molar-refractivity contribution < 1.29 is 14.7 Å². The molecular formula is C20H26N4O3. The van der Waals surface area contributed by atoms with Crippen molar-refractivity contribution in [3.63, 3.8) is 0 Å². The number of carboxylic acids is 1. The number of nitrogens with zero attached hydrogens (tertiary/aromatic N) is 4. The Hall–Kier alpha value is -2.67. The quantitative estimate of drug-likeness (QED) is 0.840. The fraction of sp³-hybridized carbons (Fsp3) is 0.450. The van der Waals surface area contributed by atoms with Crippen molar-refractivity contribution in [2.75, 3.05) is 20.6 Å². The Morgan fingerprint density at radius 3 is 2.56 bits per heavy atom. The molecule has 1 aromatic carbocycles. The molecule has 1 unspecified atom stereocenters. The van der Waals surface area contributed by atoms with E-state index in [9.17, 15) is 9.59 Å². The lowest BCUT2D eigenvalue weighted by Gasteiger charge is -2.33. The normalized spacial score (nSPS) is 14.9. The minimum Gasteiger partial charge on any atom is -0.481 e. The summed E-state index contributed by atoms with van der Waals surface area (Å²) in [6, 6.07) is 9.66. The number of likely N-dealkylation sites (N-methyl/N-ethyl adjacent to an activating group) is 1. The van der Waals surface area contributed by atoms with Crippen molar-refractivity contribution in [2.45, 2.75) is 38.9 Å². The number of aromatic nitrogens is 2. The van der Waals surface area contributed by atoms with E-state index in [2.05, 4.69) is 5.10 Å². The molecule has 1 N–H and O–H groups in total. The minimum atomic E-state index is -0.829. The fourth-order valence-corrected chi connectivity index (χ4v) is 3.45. The van der Waals surface area contributed by atoms with Gasteiger partial charge in [0.25, 0.3) is 0 Å². The van der Waals surface area contributed by atoms with Gasteiger partial charge in [0.1, 0.15) is 6.04 Å². The zero-order valence-corrected chi connectivity index (χ0v) is 16.1. The van der Waals surface area contributed by atoms with E-state index in [1.54, 1.807) is 0 Å². The summed E-state index contributed by atoms with van der Waals surface area (Å²) < 4.78 is 1.89. The van der Waals surface area contributed by atoms with E-state index >= 15 is 0 Å². The molecule has 1 aromatic heterocycles. The van der Waals surface area contributed by atoms with Crippen molar-refractivity contribution in [1.29, 1.82) is 0 Å². The van der Waals surface area contributed by atoms with Gasteiger partial charge < -0.3 is 10.0 Å². The standard InChI is InChI=1S/C20H26N4O3/c1-14-4-6-15(7-5-14)19(22(2)3)20(27)23-10-11-24-17(13-23)12-16(21-24)8-9-18(25)26/h4-7,12,19H,8-11,13H2,1-3H3,(H,25,26). The molecular weight excluding hydrogens is 344 g/mol. The molecule has 27 heavy (non-hydrogen) atoms. The molecule has 0 aliphatic carbocycles. The van der Waals surface area contributed by atoms with Crippen LogP contribution in [0.1, 0.15) is 35.0 Å². The third-order valence-electron chi connectivity index (χ3n) is 4.90. The van der Waals surface area contributed by atoms with Gasteiger partial charge in [0, 0.05) is 13.0 Å². The lowest BCUT2D eigenvalue weighted by molar-refractivity contribution is -0.138. The van der Waals surface area contributed by atoms with E-state index in [1.165, 1.54) is 5.56 Å². The number of benzene rings is 1. The maximum absolute atomic E-state index is 13.2. The first-order chi connectivity index (χ1) is 12.8. The number of carbonyl (C=O) groups excluding carboxylic acids is 1. The van der Waals surface area contributed by atoms with Crippen LogP contribution in [0, 0.1) is 6.92 Å². The first-order valence-electron chi connectivity index (χ1n) is 9.14. The second-order valence-corrected chi connectivity index (χ2v) is 7.28. The first kappa shape index (κ1) is 19.1. The molecule has 2 heterocycles. The van der Waals surface area contributed by atoms with Gasteiger partial charge in [0.2, 0.25) is 5.91 Å². The van der Waals surface area contributed by atoms with Gasteiger partial charge in [-0.15, -0.1) is 0 Å². The Labute approximate surface area is 159 Å². The fourth-order valence-electron chi connectivity index (χ4n) is 3.45. The van der Waals surface area contributed by atoms with E-state index in [1.807, 2.05) is 65.8 Å². The van der Waals surface area contributed by atoms with Crippen LogP contribution in [-0.4, -0.2) is 57.2 Å². The maximum atomic E-state index is 13.2. The van der Waals surface area contributed by atoms with E-state index in [-0.39, 0.29) is 18.4 Å². The molecule has 0 bridgehead atoms. The van der Waals surface area contributed by atoms with Crippen molar-refractivity contribution in [3.8, 4) is 0 Å². The molecule has 2 aromatic rings. The van der Waals surface area contributed by atoms with Crippen LogP contribution < -0.4 is 0 Å². The van der Waals surface area contributed by atoms with Gasteiger partial charge in [-0.1, -0.05) is 29.8 Å². The van der Waals surface area contributed by atoms with E-state index in [4.69, 9.17) is 5.11 Å². The molecule has 7 nitrogen and oxygen atoms in total. The Bertz CT molecular complexity index is 826. The largest absolute Gasteiger partial charge is 0.481 e. The predicted molar refractivity (Wildman–Crippen MR) is 101 cm³/mol. The summed E-state index contributed by atoms with van der Waals surface area (Å²) in [5.74, 6) is -0.756. The Kier molecular flexibility index (Phi) is 5.60. The summed E-state index contributed by atoms with van der Waals surface area (Å²) in [4.78, 5) is 27.8. The number of hydrogen-bond donors (Lipinski definition) is 1. The number of amides is 1. The van der Waals surface area contributed by atoms with Crippen molar-refractivity contribution in [3.05, 3.63) is 52.8 Å². The molecule has 0 spiro atoms. The van der Waals surface area contributed by atoms with Crippen LogP contribution in [0.2, 0.25) is 0 Å². The highest BCUT2D eigenvalue weighted by molar-refractivity contribution is 5.83. The minimum absolute atomic E-state index is 0.0647. The second-order valence-electron chi connectivity index (χ2n) is 7.28. The average molecular weight is 370 g/mol. The number of fused-ring (bicyclic) bond motifs is 1. The zero-order chi connectivity index (χ0) is 19.6. The molecule has 144 valence electrons. The molecule has 0 radical (unpaired) electrons. The summed E-state index contributed by atoms with van der Waals surface area (Å²) in [6.45, 7) is 3.75. The van der Waals surface area contributed by atoms with E-state index in [0.29, 0.717) is 26.1 Å². The number of carbonyl (C=O) groups is 2. The second kappa shape index (κ2) is 7.92. The van der Waals surface area contributed by atoms with Crippen LogP contribution in [-0.2, 0) is 29.1 Å². The molecule has 0 fully saturated rings. The maximum Gasteiger partial charge on any atom is 0.303 e. The smallest absolute Gasteiger partial charge is 0.303 e. The molecule has 1 amide bonds. The summed E-state index contributed by atoms with van der Waals surface area (Å²) >= 11 is 0.